The molecule has 1 N–H and O–H groups in total. The number of benzene rings is 2. The Hall–Kier alpha value is -2.40. The first-order valence-electron chi connectivity index (χ1n) is 6.26. The van der Waals surface area contributed by atoms with Crippen molar-refractivity contribution in [2.75, 3.05) is 7.11 Å². The molecule has 0 fully saturated rings. The van der Waals surface area contributed by atoms with Crippen LogP contribution in [0.3, 0.4) is 0 Å². The third-order valence-corrected chi connectivity index (χ3v) is 2.97. The Balaban J connectivity index is 1.97. The third kappa shape index (κ3) is 3.55. The summed E-state index contributed by atoms with van der Waals surface area (Å²) >= 11 is 0. The number of rotatable bonds is 6. The van der Waals surface area contributed by atoms with Crippen LogP contribution in [-0.2, 0) is 13.1 Å². The summed E-state index contributed by atoms with van der Waals surface area (Å²) < 4.78 is 5.15. The zero-order chi connectivity index (χ0) is 14.4. The molecule has 2 aromatic carbocycles. The highest BCUT2D eigenvalue weighted by molar-refractivity contribution is 5.39. The average molecular weight is 272 g/mol. The fourth-order valence-electron chi connectivity index (χ4n) is 1.96. The quantitative estimate of drug-likeness (QED) is 0.648. The van der Waals surface area contributed by atoms with Crippen molar-refractivity contribution in [1.29, 1.82) is 0 Å². The van der Waals surface area contributed by atoms with E-state index in [-0.39, 0.29) is 10.6 Å². The largest absolute Gasteiger partial charge is 0.497 e. The van der Waals surface area contributed by atoms with Gasteiger partial charge in [0.05, 0.1) is 12.0 Å². The Kier molecular flexibility index (Phi) is 4.68. The first kappa shape index (κ1) is 14.0. The minimum atomic E-state index is -0.359. The van der Waals surface area contributed by atoms with Crippen molar-refractivity contribution < 1.29 is 9.66 Å². The molecule has 5 heteroatoms. The van der Waals surface area contributed by atoms with Crippen molar-refractivity contribution in [3.63, 3.8) is 0 Å². The predicted molar refractivity (Wildman–Crippen MR) is 76.6 cm³/mol. The summed E-state index contributed by atoms with van der Waals surface area (Å²) in [6, 6.07) is 14.5. The van der Waals surface area contributed by atoms with Crippen molar-refractivity contribution in [1.82, 2.24) is 5.32 Å². The lowest BCUT2D eigenvalue weighted by molar-refractivity contribution is -0.385. The number of nitrogens with zero attached hydrogens (tertiary/aromatic N) is 1. The van der Waals surface area contributed by atoms with Gasteiger partial charge in [0.25, 0.3) is 5.69 Å². The van der Waals surface area contributed by atoms with Crippen LogP contribution in [0.4, 0.5) is 5.69 Å². The van der Waals surface area contributed by atoms with E-state index in [1.807, 2.05) is 24.3 Å². The van der Waals surface area contributed by atoms with Gasteiger partial charge in [0.15, 0.2) is 0 Å². The van der Waals surface area contributed by atoms with E-state index < -0.39 is 0 Å². The van der Waals surface area contributed by atoms with E-state index in [1.165, 1.54) is 6.07 Å². The highest BCUT2D eigenvalue weighted by Gasteiger charge is 2.11. The number of methoxy groups -OCH3 is 1. The Morgan fingerprint density at radius 2 is 1.95 bits per heavy atom. The molecule has 104 valence electrons. The van der Waals surface area contributed by atoms with Crippen LogP contribution in [0.5, 0.6) is 5.75 Å². The maximum Gasteiger partial charge on any atom is 0.273 e. The monoisotopic (exact) mass is 272 g/mol. The van der Waals surface area contributed by atoms with E-state index >= 15 is 0 Å². The summed E-state index contributed by atoms with van der Waals surface area (Å²) in [5.74, 6) is 0.801. The number of para-hydroxylation sites is 1. The number of hydrogen-bond donors (Lipinski definition) is 1. The van der Waals surface area contributed by atoms with Crippen LogP contribution in [0.1, 0.15) is 11.1 Å². The fraction of sp³-hybridized carbons (Fsp3) is 0.200. The normalized spacial score (nSPS) is 10.2. The molecule has 0 amide bonds. The van der Waals surface area contributed by atoms with Gasteiger partial charge in [-0.25, -0.2) is 0 Å². The van der Waals surface area contributed by atoms with E-state index in [1.54, 1.807) is 25.3 Å². The Morgan fingerprint density at radius 1 is 1.15 bits per heavy atom. The first-order valence-corrected chi connectivity index (χ1v) is 6.26. The minimum Gasteiger partial charge on any atom is -0.497 e. The van der Waals surface area contributed by atoms with Crippen molar-refractivity contribution in [2.45, 2.75) is 13.1 Å². The molecule has 0 saturated heterocycles. The number of ether oxygens (including phenoxy) is 1. The smallest absolute Gasteiger partial charge is 0.273 e. The molecule has 0 spiro atoms. The molecule has 0 aliphatic heterocycles. The van der Waals surface area contributed by atoms with Gasteiger partial charge in [-0.3, -0.25) is 10.1 Å². The van der Waals surface area contributed by atoms with Gasteiger partial charge in [-0.1, -0.05) is 30.3 Å². The summed E-state index contributed by atoms with van der Waals surface area (Å²) in [7, 11) is 1.62. The lowest BCUT2D eigenvalue weighted by Gasteiger charge is -2.07. The fourth-order valence-corrected chi connectivity index (χ4v) is 1.96. The van der Waals surface area contributed by atoms with Gasteiger partial charge in [-0.2, -0.15) is 0 Å². The van der Waals surface area contributed by atoms with E-state index in [0.29, 0.717) is 18.7 Å². The molecule has 0 radical (unpaired) electrons. The Labute approximate surface area is 117 Å². The molecule has 2 rings (SSSR count). The van der Waals surface area contributed by atoms with Gasteiger partial charge in [-0.15, -0.1) is 0 Å². The number of hydrogen-bond acceptors (Lipinski definition) is 4. The first-order chi connectivity index (χ1) is 9.70. The van der Waals surface area contributed by atoms with Crippen LogP contribution in [0, 0.1) is 10.1 Å². The van der Waals surface area contributed by atoms with E-state index in [4.69, 9.17) is 4.74 Å². The second-order valence-corrected chi connectivity index (χ2v) is 4.34. The molecule has 0 atom stereocenters. The maximum atomic E-state index is 10.9. The van der Waals surface area contributed by atoms with E-state index in [2.05, 4.69) is 5.32 Å². The standard InChI is InChI=1S/C15H16N2O3/c1-20-14-7-4-5-12(9-14)10-16-11-13-6-2-3-8-15(13)17(18)19/h2-9,16H,10-11H2,1H3. The van der Waals surface area contributed by atoms with Crippen molar-refractivity contribution in [3.05, 3.63) is 69.8 Å². The number of nitrogens with one attached hydrogen (secondary N) is 1. The zero-order valence-corrected chi connectivity index (χ0v) is 11.2. The van der Waals surface area contributed by atoms with Crippen molar-refractivity contribution in [2.24, 2.45) is 0 Å². The molecular formula is C15H16N2O3. The lowest BCUT2D eigenvalue weighted by Crippen LogP contribution is -2.13. The molecule has 0 aliphatic carbocycles. The minimum absolute atomic E-state index is 0.144. The van der Waals surface area contributed by atoms with E-state index in [9.17, 15) is 10.1 Å². The zero-order valence-electron chi connectivity index (χ0n) is 11.2. The lowest BCUT2D eigenvalue weighted by atomic mass is 10.1. The number of nitro groups is 1. The summed E-state index contributed by atoms with van der Waals surface area (Å²) in [5, 5.41) is 14.1. The predicted octanol–water partition coefficient (Wildman–Crippen LogP) is 2.89. The molecule has 0 aromatic heterocycles. The molecule has 0 saturated carbocycles. The van der Waals surface area contributed by atoms with Crippen LogP contribution >= 0.6 is 0 Å². The molecule has 0 bridgehead atoms. The second kappa shape index (κ2) is 6.68. The summed E-state index contributed by atoms with van der Waals surface area (Å²) in [6.07, 6.45) is 0. The van der Waals surface area contributed by atoms with Crippen LogP contribution < -0.4 is 10.1 Å². The molecule has 5 nitrogen and oxygen atoms in total. The van der Waals surface area contributed by atoms with Crippen LogP contribution in [0.15, 0.2) is 48.5 Å². The Bertz CT molecular complexity index is 599. The highest BCUT2D eigenvalue weighted by Crippen LogP contribution is 2.17. The van der Waals surface area contributed by atoms with Crippen molar-refractivity contribution in [3.8, 4) is 5.75 Å². The van der Waals surface area contributed by atoms with Crippen molar-refractivity contribution >= 4 is 5.69 Å². The van der Waals surface area contributed by atoms with Crippen LogP contribution in [0.25, 0.3) is 0 Å². The van der Waals surface area contributed by atoms with E-state index in [0.717, 1.165) is 11.3 Å². The van der Waals surface area contributed by atoms with Gasteiger partial charge >= 0.3 is 0 Å². The van der Waals surface area contributed by atoms with Crippen LogP contribution in [-0.4, -0.2) is 12.0 Å². The molecule has 2 aromatic rings. The van der Waals surface area contributed by atoms with Crippen LogP contribution in [0.2, 0.25) is 0 Å². The average Bonchev–Trinajstić information content (AvgIpc) is 2.48. The van der Waals surface area contributed by atoms with Gasteiger partial charge in [0.1, 0.15) is 5.75 Å². The number of nitro benzene ring substituents is 1. The van der Waals surface area contributed by atoms with Gasteiger partial charge in [-0.05, 0) is 17.7 Å². The maximum absolute atomic E-state index is 10.9. The molecular weight excluding hydrogens is 256 g/mol. The molecule has 0 heterocycles. The van der Waals surface area contributed by atoms with Gasteiger partial charge in [0, 0.05) is 24.7 Å². The van der Waals surface area contributed by atoms with Gasteiger partial charge < -0.3 is 10.1 Å². The molecule has 20 heavy (non-hydrogen) atoms. The summed E-state index contributed by atoms with van der Waals surface area (Å²) in [5.41, 5.74) is 1.90. The SMILES string of the molecule is COc1cccc(CNCc2ccccc2[N+](=O)[O-])c1. The molecule has 0 unspecified atom stereocenters. The second-order valence-electron chi connectivity index (χ2n) is 4.34. The summed E-state index contributed by atoms with van der Waals surface area (Å²) in [4.78, 5) is 10.5. The summed E-state index contributed by atoms with van der Waals surface area (Å²) in [6.45, 7) is 1.08. The highest BCUT2D eigenvalue weighted by atomic mass is 16.6. The third-order valence-electron chi connectivity index (χ3n) is 2.97. The topological polar surface area (TPSA) is 64.4 Å². The molecule has 0 aliphatic rings. The van der Waals surface area contributed by atoms with Gasteiger partial charge in [0.2, 0.25) is 0 Å². The Morgan fingerprint density at radius 3 is 2.70 bits per heavy atom.